The number of thiazole rings is 1. The molecule has 3 rings (SSSR count). The van der Waals surface area contributed by atoms with Gasteiger partial charge in [-0.15, -0.1) is 11.3 Å². The van der Waals surface area contributed by atoms with Gasteiger partial charge in [0, 0.05) is 11.9 Å². The van der Waals surface area contributed by atoms with Crippen LogP contribution >= 0.6 is 18.9 Å². The molecule has 0 unspecified atom stereocenters. The summed E-state index contributed by atoms with van der Waals surface area (Å²) >= 11 is 1.09. The molecular weight excluding hydrogens is 479 g/mol. The molecule has 14 nitrogen and oxygen atoms in total. The van der Waals surface area contributed by atoms with E-state index < -0.39 is 37.1 Å². The van der Waals surface area contributed by atoms with Gasteiger partial charge in [-0.05, 0) is 13.8 Å². The zero-order valence-electron chi connectivity index (χ0n) is 18.0. The Hall–Kier alpha value is -2.84. The molecule has 0 radical (unpaired) electrons. The summed E-state index contributed by atoms with van der Waals surface area (Å²) < 4.78 is 23.7. The summed E-state index contributed by atoms with van der Waals surface area (Å²) in [6, 6.07) is -1.11. The molecule has 3 heterocycles. The first-order valence-electron chi connectivity index (χ1n) is 9.75. The number of carbonyl (C=O) groups excluding carboxylic acids is 2. The van der Waals surface area contributed by atoms with E-state index in [2.05, 4.69) is 15.5 Å². The van der Waals surface area contributed by atoms with Crippen LogP contribution < -0.4 is 11.1 Å². The predicted molar refractivity (Wildman–Crippen MR) is 116 cm³/mol. The van der Waals surface area contributed by atoms with E-state index >= 15 is 0 Å². The maximum absolute atomic E-state index is 13.2. The van der Waals surface area contributed by atoms with E-state index in [9.17, 15) is 24.1 Å². The number of carboxylic acids is 1. The van der Waals surface area contributed by atoms with E-state index in [0.29, 0.717) is 0 Å². The maximum atomic E-state index is 13.2. The molecule has 0 aliphatic carbocycles. The summed E-state index contributed by atoms with van der Waals surface area (Å²) in [5.74, 6) is -2.98. The molecule has 0 spiro atoms. The number of anilines is 1. The minimum absolute atomic E-state index is 0.0169. The highest BCUT2D eigenvalue weighted by molar-refractivity contribution is 7.58. The number of fused-ring (bicyclic) bond motifs is 1. The molecule has 1 atom stereocenters. The number of nitrogen functional groups attached to an aromatic ring is 1. The first-order chi connectivity index (χ1) is 15.7. The van der Waals surface area contributed by atoms with Crippen LogP contribution in [0.15, 0.2) is 21.5 Å². The van der Waals surface area contributed by atoms with Crippen molar-refractivity contribution in [3.8, 4) is 0 Å². The van der Waals surface area contributed by atoms with Gasteiger partial charge in [0.2, 0.25) is 0 Å². The van der Waals surface area contributed by atoms with Crippen molar-refractivity contribution in [1.29, 1.82) is 0 Å². The molecule has 1 fully saturated rings. The average molecular weight is 502 g/mol. The number of hydrazine groups is 1. The fourth-order valence-corrected chi connectivity index (χ4v) is 5.80. The molecule has 0 saturated carbocycles. The molecule has 2 aliphatic rings. The largest absolute Gasteiger partial charge is 0.477 e. The Morgan fingerprint density at radius 2 is 2.06 bits per heavy atom. The van der Waals surface area contributed by atoms with Gasteiger partial charge in [0.25, 0.3) is 11.8 Å². The van der Waals surface area contributed by atoms with Gasteiger partial charge in [0.05, 0.1) is 25.1 Å². The highest BCUT2D eigenvalue weighted by Crippen LogP contribution is 2.59. The lowest BCUT2D eigenvalue weighted by Gasteiger charge is -2.19. The molecule has 4 N–H and O–H groups in total. The number of aliphatic carboxylic acids is 1. The number of amides is 2. The monoisotopic (exact) mass is 502 g/mol. The Morgan fingerprint density at radius 3 is 2.58 bits per heavy atom. The first kappa shape index (κ1) is 24.8. The lowest BCUT2D eigenvalue weighted by molar-refractivity contribution is -0.143. The van der Waals surface area contributed by atoms with Crippen molar-refractivity contribution in [2.45, 2.75) is 19.9 Å². The van der Waals surface area contributed by atoms with Gasteiger partial charge in [-0.2, -0.15) is 0 Å². The Labute approximate surface area is 192 Å². The standard InChI is InChI=1S/C17H23N6O8PS/c1-4-30-32(28,31-5-2)11-7-22-6-9(15(25)23(22)13(11)16(26)27)19-14(24)12(21-29-3)10-8-33-17(18)20-10/h8-9H,4-7H2,1-3H3,(H2,18,20)(H,19,24)(H,26,27)/b21-12-/t9-/m0/s1. The summed E-state index contributed by atoms with van der Waals surface area (Å²) in [6.07, 6.45) is 0. The Kier molecular flexibility index (Phi) is 7.49. The van der Waals surface area contributed by atoms with Crippen molar-refractivity contribution in [3.63, 3.8) is 0 Å². The molecule has 0 bridgehead atoms. The fourth-order valence-electron chi connectivity index (χ4n) is 3.40. The van der Waals surface area contributed by atoms with Gasteiger partial charge in [0.1, 0.15) is 18.8 Å². The van der Waals surface area contributed by atoms with Crippen molar-refractivity contribution in [3.05, 3.63) is 22.1 Å². The molecular formula is C17H23N6O8PS. The summed E-state index contributed by atoms with van der Waals surface area (Å²) in [5.41, 5.74) is 5.05. The molecule has 33 heavy (non-hydrogen) atoms. The molecule has 1 saturated heterocycles. The van der Waals surface area contributed by atoms with Crippen LogP contribution in [0.4, 0.5) is 5.13 Å². The number of carboxylic acid groups (broad SMARTS) is 1. The number of rotatable bonds is 10. The van der Waals surface area contributed by atoms with Crippen LogP contribution in [0.25, 0.3) is 0 Å². The van der Waals surface area contributed by atoms with Crippen LogP contribution in [-0.2, 0) is 32.8 Å². The van der Waals surface area contributed by atoms with Crippen molar-refractivity contribution < 1.29 is 37.9 Å². The Balaban J connectivity index is 1.86. The highest BCUT2D eigenvalue weighted by Gasteiger charge is 2.52. The van der Waals surface area contributed by atoms with E-state index in [1.54, 1.807) is 13.8 Å². The molecule has 2 amide bonds. The van der Waals surface area contributed by atoms with Crippen LogP contribution in [0, 0.1) is 0 Å². The van der Waals surface area contributed by atoms with Gasteiger partial charge < -0.3 is 30.0 Å². The summed E-state index contributed by atoms with van der Waals surface area (Å²) in [6.45, 7) is 2.96. The first-order valence-corrected chi connectivity index (χ1v) is 12.2. The average Bonchev–Trinajstić information content (AvgIpc) is 3.42. The maximum Gasteiger partial charge on any atom is 0.361 e. The Morgan fingerprint density at radius 1 is 1.39 bits per heavy atom. The summed E-state index contributed by atoms with van der Waals surface area (Å²) in [7, 11) is -2.70. The molecule has 0 aromatic carbocycles. The second kappa shape index (κ2) is 9.97. The van der Waals surface area contributed by atoms with Crippen LogP contribution in [0.1, 0.15) is 19.5 Å². The van der Waals surface area contributed by atoms with Crippen molar-refractivity contribution in [1.82, 2.24) is 20.3 Å². The minimum Gasteiger partial charge on any atom is -0.477 e. The van der Waals surface area contributed by atoms with E-state index in [4.69, 9.17) is 19.6 Å². The summed E-state index contributed by atoms with van der Waals surface area (Å²) in [5, 5.41) is 19.7. The summed E-state index contributed by atoms with van der Waals surface area (Å²) in [4.78, 5) is 46.5. The topological polar surface area (TPSA) is 186 Å². The molecule has 16 heteroatoms. The third-order valence-electron chi connectivity index (χ3n) is 4.60. The van der Waals surface area contributed by atoms with Gasteiger partial charge in [-0.3, -0.25) is 14.2 Å². The predicted octanol–water partition coefficient (Wildman–Crippen LogP) is 0.196. The van der Waals surface area contributed by atoms with Crippen molar-refractivity contribution in [2.75, 3.05) is 39.1 Å². The molecule has 1 aromatic heterocycles. The lowest BCUT2D eigenvalue weighted by Crippen LogP contribution is -2.46. The number of hydrogen-bond acceptors (Lipinski definition) is 12. The zero-order chi connectivity index (χ0) is 24.3. The van der Waals surface area contributed by atoms with Gasteiger partial charge >= 0.3 is 13.6 Å². The van der Waals surface area contributed by atoms with E-state index in [0.717, 1.165) is 16.3 Å². The van der Waals surface area contributed by atoms with Crippen LogP contribution in [0.5, 0.6) is 0 Å². The Bertz CT molecular complexity index is 1060. The zero-order valence-corrected chi connectivity index (χ0v) is 19.7. The van der Waals surface area contributed by atoms with Crippen molar-refractivity contribution >= 4 is 47.6 Å². The van der Waals surface area contributed by atoms with Gasteiger partial charge in [-0.25, -0.2) is 19.8 Å². The molecule has 1 aromatic rings. The number of nitrogens with zero attached hydrogens (tertiary/aromatic N) is 4. The fraction of sp³-hybridized carbons (Fsp3) is 0.471. The second-order valence-corrected chi connectivity index (χ2v) is 9.59. The SMILES string of the molecule is CCOP(=O)(OCC)C1=C(C(=O)O)N2C(=O)[C@@H](NC(=O)/C(=N\OC)c3csc(N)n3)CN2C1. The third kappa shape index (κ3) is 4.77. The minimum atomic E-state index is -3.95. The van der Waals surface area contributed by atoms with E-state index in [1.165, 1.54) is 17.5 Å². The number of hydrogen-bond donors (Lipinski definition) is 3. The smallest absolute Gasteiger partial charge is 0.361 e. The van der Waals surface area contributed by atoms with E-state index in [-0.39, 0.29) is 48.2 Å². The lowest BCUT2D eigenvalue weighted by atomic mass is 10.2. The van der Waals surface area contributed by atoms with Crippen LogP contribution in [0.2, 0.25) is 0 Å². The molecule has 180 valence electrons. The number of oxime groups is 1. The van der Waals surface area contributed by atoms with Crippen LogP contribution in [-0.4, -0.2) is 83.1 Å². The second-order valence-electron chi connectivity index (χ2n) is 6.65. The number of aromatic nitrogens is 1. The van der Waals surface area contributed by atoms with Gasteiger partial charge in [-0.1, -0.05) is 5.16 Å². The molecule has 2 aliphatic heterocycles. The highest BCUT2D eigenvalue weighted by atomic mass is 32.1. The number of nitrogens with one attached hydrogen (secondary N) is 1. The number of nitrogens with two attached hydrogens (primary N) is 1. The quantitative estimate of drug-likeness (QED) is 0.225. The normalized spacial score (nSPS) is 19.2. The third-order valence-corrected chi connectivity index (χ3v) is 7.48. The van der Waals surface area contributed by atoms with Crippen molar-refractivity contribution in [2.24, 2.45) is 5.16 Å². The van der Waals surface area contributed by atoms with E-state index in [1.807, 2.05) is 0 Å². The van der Waals surface area contributed by atoms with Crippen LogP contribution in [0.3, 0.4) is 0 Å². The van der Waals surface area contributed by atoms with Gasteiger partial charge in [0.15, 0.2) is 16.5 Å². The number of carbonyl (C=O) groups is 3.